The van der Waals surface area contributed by atoms with Crippen molar-refractivity contribution in [2.45, 2.75) is 49.9 Å². The highest BCUT2D eigenvalue weighted by molar-refractivity contribution is 7.99. The molecule has 0 N–H and O–H groups in total. The monoisotopic (exact) mass is 247 g/mol. The molecule has 1 aromatic heterocycles. The predicted molar refractivity (Wildman–Crippen MR) is 59.9 cm³/mol. The van der Waals surface area contributed by atoms with E-state index in [2.05, 4.69) is 15.2 Å². The van der Waals surface area contributed by atoms with Crippen molar-refractivity contribution in [3.63, 3.8) is 0 Å². The minimum atomic E-state index is -2.36. The van der Waals surface area contributed by atoms with E-state index in [1.807, 2.05) is 13.8 Å². The Bertz CT molecular complexity index is 316. The Morgan fingerprint density at radius 1 is 1.31 bits per heavy atom. The fourth-order valence-electron chi connectivity index (χ4n) is 1.04. The van der Waals surface area contributed by atoms with Gasteiger partial charge in [0.15, 0.2) is 0 Å². The number of hydrogen-bond donors (Lipinski definition) is 0. The zero-order chi connectivity index (χ0) is 12.1. The summed E-state index contributed by atoms with van der Waals surface area (Å²) in [6, 6.07) is 0. The van der Waals surface area contributed by atoms with Crippen molar-refractivity contribution in [2.75, 3.05) is 0 Å². The summed E-state index contributed by atoms with van der Waals surface area (Å²) in [4.78, 5) is 4.03. The van der Waals surface area contributed by atoms with Crippen molar-refractivity contribution >= 4 is 11.8 Å². The van der Waals surface area contributed by atoms with E-state index < -0.39 is 11.7 Å². The van der Waals surface area contributed by atoms with Crippen molar-refractivity contribution in [3.8, 4) is 0 Å². The third-order valence-corrected chi connectivity index (χ3v) is 3.33. The quantitative estimate of drug-likeness (QED) is 0.749. The van der Waals surface area contributed by atoms with Gasteiger partial charge >= 0.3 is 0 Å². The van der Waals surface area contributed by atoms with Crippen molar-refractivity contribution in [3.05, 3.63) is 11.9 Å². The van der Waals surface area contributed by atoms with Crippen molar-refractivity contribution in [1.82, 2.24) is 15.2 Å². The standard InChI is InChI=1S/C10H15F2N3S/c1-4-8(9(11)12)16-10-13-5-7(6(2)3)14-15-10/h5-6,8-9H,4H2,1-3H3. The second-order valence-corrected chi connectivity index (χ2v) is 4.93. The van der Waals surface area contributed by atoms with Crippen LogP contribution in [0.4, 0.5) is 8.78 Å². The lowest BCUT2D eigenvalue weighted by Crippen LogP contribution is -2.13. The minimum absolute atomic E-state index is 0.246. The summed E-state index contributed by atoms with van der Waals surface area (Å²) < 4.78 is 25.0. The summed E-state index contributed by atoms with van der Waals surface area (Å²) in [6.07, 6.45) is -0.376. The third kappa shape index (κ3) is 3.66. The third-order valence-electron chi connectivity index (χ3n) is 2.09. The maximum absolute atomic E-state index is 12.5. The van der Waals surface area contributed by atoms with Gasteiger partial charge in [0.25, 0.3) is 6.43 Å². The van der Waals surface area contributed by atoms with E-state index in [1.165, 1.54) is 0 Å². The van der Waals surface area contributed by atoms with Gasteiger partial charge in [-0.25, -0.2) is 13.8 Å². The average molecular weight is 247 g/mol. The first-order valence-corrected chi connectivity index (χ1v) is 6.07. The molecular weight excluding hydrogens is 232 g/mol. The number of hydrogen-bond acceptors (Lipinski definition) is 4. The molecule has 16 heavy (non-hydrogen) atoms. The normalized spacial score (nSPS) is 13.4. The summed E-state index contributed by atoms with van der Waals surface area (Å²) in [5.41, 5.74) is 0.773. The molecule has 0 aliphatic carbocycles. The van der Waals surface area contributed by atoms with Crippen LogP contribution in [-0.2, 0) is 0 Å². The molecule has 0 radical (unpaired) electrons. The van der Waals surface area contributed by atoms with Crippen molar-refractivity contribution < 1.29 is 8.78 Å². The Morgan fingerprint density at radius 3 is 2.38 bits per heavy atom. The molecule has 0 spiro atoms. The minimum Gasteiger partial charge on any atom is -0.228 e. The number of thioether (sulfide) groups is 1. The molecule has 1 rings (SSSR count). The summed E-state index contributed by atoms with van der Waals surface area (Å²) >= 11 is 0.983. The van der Waals surface area contributed by atoms with Gasteiger partial charge in [0.2, 0.25) is 5.16 Å². The van der Waals surface area contributed by atoms with Gasteiger partial charge in [-0.3, -0.25) is 0 Å². The smallest absolute Gasteiger partial charge is 0.228 e. The van der Waals surface area contributed by atoms with Crippen LogP contribution in [0.3, 0.4) is 0 Å². The van der Waals surface area contributed by atoms with Gasteiger partial charge in [0, 0.05) is 0 Å². The van der Waals surface area contributed by atoms with Crippen LogP contribution in [0, 0.1) is 0 Å². The highest BCUT2D eigenvalue weighted by Crippen LogP contribution is 2.26. The Labute approximate surface area is 98.1 Å². The molecule has 1 unspecified atom stereocenters. The molecule has 1 atom stereocenters. The molecule has 0 amide bonds. The summed E-state index contributed by atoms with van der Waals surface area (Å²) in [6.45, 7) is 5.68. The van der Waals surface area contributed by atoms with Gasteiger partial charge in [0.05, 0.1) is 17.1 Å². The second kappa shape index (κ2) is 6.08. The van der Waals surface area contributed by atoms with E-state index in [0.29, 0.717) is 11.6 Å². The topological polar surface area (TPSA) is 38.7 Å². The van der Waals surface area contributed by atoms with Crippen molar-refractivity contribution in [2.24, 2.45) is 0 Å². The fourth-order valence-corrected chi connectivity index (χ4v) is 1.78. The van der Waals surface area contributed by atoms with Crippen LogP contribution >= 0.6 is 11.8 Å². The number of alkyl halides is 2. The lowest BCUT2D eigenvalue weighted by Gasteiger charge is -2.11. The largest absolute Gasteiger partial charge is 0.250 e. The van der Waals surface area contributed by atoms with Crippen molar-refractivity contribution in [1.29, 1.82) is 0 Å². The number of halogens is 2. The van der Waals surface area contributed by atoms with Gasteiger partial charge in [-0.1, -0.05) is 32.5 Å². The average Bonchev–Trinajstić information content (AvgIpc) is 2.26. The molecule has 0 bridgehead atoms. The van der Waals surface area contributed by atoms with Crippen LogP contribution in [0.5, 0.6) is 0 Å². The number of aromatic nitrogens is 3. The van der Waals surface area contributed by atoms with Crippen LogP contribution in [0.25, 0.3) is 0 Å². The van der Waals surface area contributed by atoms with Crippen LogP contribution < -0.4 is 0 Å². The molecule has 0 fully saturated rings. The first kappa shape index (κ1) is 13.3. The summed E-state index contributed by atoms with van der Waals surface area (Å²) in [5, 5.41) is 7.34. The number of rotatable bonds is 5. The molecule has 0 aliphatic heterocycles. The van der Waals surface area contributed by atoms with Gasteiger partial charge < -0.3 is 0 Å². The van der Waals surface area contributed by atoms with Gasteiger partial charge in [-0.15, -0.1) is 5.10 Å². The molecule has 0 saturated heterocycles. The molecule has 1 heterocycles. The van der Waals surface area contributed by atoms with E-state index in [4.69, 9.17) is 0 Å². The van der Waals surface area contributed by atoms with Crippen LogP contribution in [0.2, 0.25) is 0 Å². The summed E-state index contributed by atoms with van der Waals surface area (Å²) in [7, 11) is 0. The van der Waals surface area contributed by atoms with Crippen LogP contribution in [-0.4, -0.2) is 26.9 Å². The zero-order valence-corrected chi connectivity index (χ0v) is 10.3. The maximum Gasteiger partial charge on any atom is 0.250 e. The van der Waals surface area contributed by atoms with Crippen LogP contribution in [0.15, 0.2) is 11.4 Å². The van der Waals surface area contributed by atoms with Crippen LogP contribution in [0.1, 0.15) is 38.8 Å². The molecule has 0 aromatic carbocycles. The lowest BCUT2D eigenvalue weighted by atomic mass is 10.2. The fraction of sp³-hybridized carbons (Fsp3) is 0.700. The predicted octanol–water partition coefficient (Wildman–Crippen LogP) is 3.13. The highest BCUT2D eigenvalue weighted by Gasteiger charge is 2.21. The zero-order valence-electron chi connectivity index (χ0n) is 9.52. The highest BCUT2D eigenvalue weighted by atomic mass is 32.2. The first-order chi connectivity index (χ1) is 7.54. The second-order valence-electron chi connectivity index (χ2n) is 3.72. The Kier molecular flexibility index (Phi) is 5.05. The SMILES string of the molecule is CCC(Sc1ncc(C(C)C)nn1)C(F)F. The van der Waals surface area contributed by atoms with Gasteiger partial charge in [-0.2, -0.15) is 5.10 Å². The molecule has 0 aliphatic rings. The van der Waals surface area contributed by atoms with E-state index in [1.54, 1.807) is 13.1 Å². The molecule has 6 heteroatoms. The molecule has 3 nitrogen and oxygen atoms in total. The van der Waals surface area contributed by atoms with E-state index in [-0.39, 0.29) is 5.92 Å². The molecule has 0 saturated carbocycles. The van der Waals surface area contributed by atoms with E-state index in [9.17, 15) is 8.78 Å². The first-order valence-electron chi connectivity index (χ1n) is 5.19. The maximum atomic E-state index is 12.5. The molecular formula is C10H15F2N3S. The van der Waals surface area contributed by atoms with E-state index in [0.717, 1.165) is 17.5 Å². The molecule has 90 valence electrons. The Hall–Kier alpha value is -0.780. The number of nitrogens with zero attached hydrogens (tertiary/aromatic N) is 3. The lowest BCUT2D eigenvalue weighted by molar-refractivity contribution is 0.143. The Morgan fingerprint density at radius 2 is 2.00 bits per heavy atom. The Balaban J connectivity index is 2.67. The summed E-state index contributed by atoms with van der Waals surface area (Å²) in [5.74, 6) is 0.246. The van der Waals surface area contributed by atoms with E-state index >= 15 is 0 Å². The van der Waals surface area contributed by atoms with Gasteiger partial charge in [-0.05, 0) is 12.3 Å². The molecule has 1 aromatic rings. The van der Waals surface area contributed by atoms with Gasteiger partial charge in [0.1, 0.15) is 0 Å².